The van der Waals surface area contributed by atoms with Crippen LogP contribution in [-0.4, -0.2) is 6.04 Å². The molecule has 0 saturated heterocycles. The highest BCUT2D eigenvalue weighted by Gasteiger charge is 2.39. The van der Waals surface area contributed by atoms with Gasteiger partial charge in [-0.05, 0) is 18.3 Å². The summed E-state index contributed by atoms with van der Waals surface area (Å²) < 4.78 is 0. The van der Waals surface area contributed by atoms with Crippen LogP contribution in [0.3, 0.4) is 0 Å². The predicted molar refractivity (Wildman–Crippen MR) is 49.9 cm³/mol. The van der Waals surface area contributed by atoms with Gasteiger partial charge in [0.05, 0.1) is 0 Å². The highest BCUT2D eigenvalue weighted by atomic mass is 35.5. The van der Waals surface area contributed by atoms with Crippen LogP contribution >= 0.6 is 12.4 Å². The minimum atomic E-state index is 0. The zero-order valence-corrected chi connectivity index (χ0v) is 7.78. The van der Waals surface area contributed by atoms with Crippen LogP contribution in [0.2, 0.25) is 0 Å². The van der Waals surface area contributed by atoms with Crippen LogP contribution in [0.1, 0.15) is 38.5 Å². The van der Waals surface area contributed by atoms with Crippen LogP contribution in [0.15, 0.2) is 0 Å². The molecule has 66 valence electrons. The Kier molecular flexibility index (Phi) is 3.20. The lowest BCUT2D eigenvalue weighted by Gasteiger charge is -2.20. The summed E-state index contributed by atoms with van der Waals surface area (Å²) in [6, 6.07) is 0.586. The largest absolute Gasteiger partial charge is 0.327 e. The van der Waals surface area contributed by atoms with Gasteiger partial charge in [-0.15, -0.1) is 12.4 Å². The maximum absolute atomic E-state index is 5.80. The summed E-state index contributed by atoms with van der Waals surface area (Å²) in [6.45, 7) is 0. The van der Waals surface area contributed by atoms with Gasteiger partial charge in [0.25, 0.3) is 0 Å². The van der Waals surface area contributed by atoms with E-state index in [1.165, 1.54) is 38.5 Å². The Bertz CT molecular complexity index is 121. The van der Waals surface area contributed by atoms with Gasteiger partial charge in [0.2, 0.25) is 0 Å². The lowest BCUT2D eigenvalue weighted by Crippen LogP contribution is -2.13. The van der Waals surface area contributed by atoms with Crippen molar-refractivity contribution >= 4 is 12.4 Å². The fourth-order valence-corrected chi connectivity index (χ4v) is 2.34. The van der Waals surface area contributed by atoms with E-state index in [0.29, 0.717) is 6.04 Å². The summed E-state index contributed by atoms with van der Waals surface area (Å²) in [5.74, 6) is 1.95. The van der Waals surface area contributed by atoms with Gasteiger partial charge in [0.15, 0.2) is 0 Å². The van der Waals surface area contributed by atoms with Gasteiger partial charge in [-0.25, -0.2) is 0 Å². The molecule has 2 rings (SSSR count). The molecule has 2 saturated carbocycles. The molecular formula is C9H18ClN. The first kappa shape index (κ1) is 9.34. The molecule has 2 aliphatic carbocycles. The van der Waals surface area contributed by atoms with E-state index in [2.05, 4.69) is 0 Å². The quantitative estimate of drug-likeness (QED) is 0.651. The van der Waals surface area contributed by atoms with E-state index in [4.69, 9.17) is 5.73 Å². The van der Waals surface area contributed by atoms with Crippen molar-refractivity contribution in [2.45, 2.75) is 44.6 Å². The molecule has 1 nitrogen and oxygen atoms in total. The van der Waals surface area contributed by atoms with Crippen LogP contribution in [0.4, 0.5) is 0 Å². The summed E-state index contributed by atoms with van der Waals surface area (Å²) in [5.41, 5.74) is 5.80. The van der Waals surface area contributed by atoms with Gasteiger partial charge in [-0.3, -0.25) is 0 Å². The average molecular weight is 176 g/mol. The Balaban J connectivity index is 0.000000605. The van der Waals surface area contributed by atoms with Gasteiger partial charge in [0, 0.05) is 6.04 Å². The van der Waals surface area contributed by atoms with Gasteiger partial charge in [0.1, 0.15) is 0 Å². The molecule has 0 bridgehead atoms. The van der Waals surface area contributed by atoms with Crippen molar-refractivity contribution in [1.29, 1.82) is 0 Å². The molecule has 2 fully saturated rings. The molecule has 2 atom stereocenters. The van der Waals surface area contributed by atoms with Crippen LogP contribution in [-0.2, 0) is 0 Å². The fraction of sp³-hybridized carbons (Fsp3) is 1.00. The molecule has 0 heterocycles. The highest BCUT2D eigenvalue weighted by Crippen LogP contribution is 2.42. The Labute approximate surface area is 75.1 Å². The maximum atomic E-state index is 5.80. The Morgan fingerprint density at radius 1 is 1.00 bits per heavy atom. The van der Waals surface area contributed by atoms with Gasteiger partial charge < -0.3 is 5.73 Å². The van der Waals surface area contributed by atoms with Crippen molar-refractivity contribution in [1.82, 2.24) is 0 Å². The van der Waals surface area contributed by atoms with E-state index >= 15 is 0 Å². The van der Waals surface area contributed by atoms with E-state index in [1.54, 1.807) is 0 Å². The lowest BCUT2D eigenvalue weighted by molar-refractivity contribution is 0.318. The summed E-state index contributed by atoms with van der Waals surface area (Å²) in [5, 5.41) is 0. The van der Waals surface area contributed by atoms with Crippen LogP contribution in [0.25, 0.3) is 0 Å². The van der Waals surface area contributed by atoms with E-state index in [1.807, 2.05) is 0 Å². The second-order valence-corrected chi connectivity index (χ2v) is 3.96. The topological polar surface area (TPSA) is 26.0 Å². The zero-order valence-electron chi connectivity index (χ0n) is 6.96. The van der Waals surface area contributed by atoms with Crippen LogP contribution in [0, 0.1) is 11.8 Å². The summed E-state index contributed by atoms with van der Waals surface area (Å²) in [4.78, 5) is 0. The molecule has 0 amide bonds. The molecule has 2 unspecified atom stereocenters. The van der Waals surface area contributed by atoms with Crippen molar-refractivity contribution < 1.29 is 0 Å². The Hall–Kier alpha value is 0.250. The highest BCUT2D eigenvalue weighted by molar-refractivity contribution is 5.85. The standard InChI is InChI=1S/C9H17N.ClH/c10-9-6-8(9)7-4-2-1-3-5-7;/h7-9H,1-6,10H2;1H. The molecule has 2 N–H and O–H groups in total. The second-order valence-electron chi connectivity index (χ2n) is 3.96. The first-order valence-corrected chi connectivity index (χ1v) is 4.63. The molecular weight excluding hydrogens is 158 g/mol. The normalized spacial score (nSPS) is 37.9. The summed E-state index contributed by atoms with van der Waals surface area (Å²) in [7, 11) is 0. The molecule has 11 heavy (non-hydrogen) atoms. The van der Waals surface area contributed by atoms with Gasteiger partial charge in [-0.2, -0.15) is 0 Å². The first-order chi connectivity index (χ1) is 4.88. The minimum absolute atomic E-state index is 0. The number of hydrogen-bond acceptors (Lipinski definition) is 1. The molecule has 0 spiro atoms. The first-order valence-electron chi connectivity index (χ1n) is 4.63. The number of nitrogens with two attached hydrogens (primary N) is 1. The van der Waals surface area contributed by atoms with Crippen molar-refractivity contribution in [2.75, 3.05) is 0 Å². The number of halogens is 1. The lowest BCUT2D eigenvalue weighted by atomic mass is 9.86. The SMILES string of the molecule is Cl.NC1CC1C1CCCCC1. The average Bonchev–Trinajstić information content (AvgIpc) is 2.69. The number of hydrogen-bond donors (Lipinski definition) is 1. The monoisotopic (exact) mass is 175 g/mol. The Morgan fingerprint density at radius 2 is 1.55 bits per heavy atom. The van der Waals surface area contributed by atoms with Crippen LogP contribution in [0.5, 0.6) is 0 Å². The molecule has 2 aliphatic rings. The third-order valence-corrected chi connectivity index (χ3v) is 3.15. The van der Waals surface area contributed by atoms with Crippen molar-refractivity contribution in [3.8, 4) is 0 Å². The molecule has 0 aromatic carbocycles. The third-order valence-electron chi connectivity index (χ3n) is 3.15. The molecule has 0 aromatic rings. The zero-order chi connectivity index (χ0) is 6.97. The maximum Gasteiger partial charge on any atom is 0.00737 e. The fourth-order valence-electron chi connectivity index (χ4n) is 2.34. The molecule has 0 aliphatic heterocycles. The Morgan fingerprint density at radius 3 is 2.00 bits per heavy atom. The van der Waals surface area contributed by atoms with E-state index in [0.717, 1.165) is 11.8 Å². The van der Waals surface area contributed by atoms with E-state index in [9.17, 15) is 0 Å². The van der Waals surface area contributed by atoms with Crippen LogP contribution < -0.4 is 5.73 Å². The second kappa shape index (κ2) is 3.77. The smallest absolute Gasteiger partial charge is 0.00737 e. The number of rotatable bonds is 1. The summed E-state index contributed by atoms with van der Waals surface area (Å²) in [6.07, 6.45) is 8.67. The summed E-state index contributed by atoms with van der Waals surface area (Å²) >= 11 is 0. The van der Waals surface area contributed by atoms with Crippen molar-refractivity contribution in [3.05, 3.63) is 0 Å². The van der Waals surface area contributed by atoms with Crippen molar-refractivity contribution in [2.24, 2.45) is 17.6 Å². The predicted octanol–water partition coefficient (Wildman–Crippen LogP) is 2.34. The van der Waals surface area contributed by atoms with E-state index < -0.39 is 0 Å². The molecule has 0 aromatic heterocycles. The third kappa shape index (κ3) is 2.09. The molecule has 0 radical (unpaired) electrons. The van der Waals surface area contributed by atoms with Gasteiger partial charge >= 0.3 is 0 Å². The van der Waals surface area contributed by atoms with E-state index in [-0.39, 0.29) is 12.4 Å². The minimum Gasteiger partial charge on any atom is -0.327 e. The van der Waals surface area contributed by atoms with Gasteiger partial charge in [-0.1, -0.05) is 32.1 Å². The molecule has 2 heteroatoms. The van der Waals surface area contributed by atoms with Crippen molar-refractivity contribution in [3.63, 3.8) is 0 Å².